The second-order valence-electron chi connectivity index (χ2n) is 5.51. The van der Waals surface area contributed by atoms with E-state index in [-0.39, 0.29) is 0 Å². The molecule has 1 saturated carbocycles. The molecule has 1 aromatic rings. The second-order valence-corrected chi connectivity index (χ2v) is 5.95. The van der Waals surface area contributed by atoms with Crippen LogP contribution in [0.2, 0.25) is 5.02 Å². The van der Waals surface area contributed by atoms with Gasteiger partial charge in [-0.3, -0.25) is 0 Å². The van der Waals surface area contributed by atoms with Crippen molar-refractivity contribution in [2.75, 3.05) is 5.32 Å². The summed E-state index contributed by atoms with van der Waals surface area (Å²) in [5, 5.41) is 4.52. The normalized spacial score (nSPS) is 29.1. The second kappa shape index (κ2) is 5.30. The first-order valence-corrected chi connectivity index (χ1v) is 6.98. The van der Waals surface area contributed by atoms with Crippen molar-refractivity contribution in [1.29, 1.82) is 0 Å². The molecule has 1 aliphatic rings. The lowest BCUT2D eigenvalue weighted by Gasteiger charge is -2.36. The molecule has 17 heavy (non-hydrogen) atoms. The van der Waals surface area contributed by atoms with Crippen LogP contribution >= 0.6 is 11.6 Å². The molecular weight excluding hydrogens is 230 g/mol. The third-order valence-electron chi connectivity index (χ3n) is 4.07. The molecule has 2 unspecified atom stereocenters. The Hall–Kier alpha value is -0.690. The van der Waals surface area contributed by atoms with Crippen LogP contribution in [0.1, 0.15) is 38.7 Å². The third-order valence-corrected chi connectivity index (χ3v) is 4.30. The molecular formula is C15H22ClN. The highest BCUT2D eigenvalue weighted by Gasteiger charge is 2.27. The van der Waals surface area contributed by atoms with Gasteiger partial charge < -0.3 is 5.32 Å². The van der Waals surface area contributed by atoms with Crippen LogP contribution in [-0.4, -0.2) is 6.04 Å². The van der Waals surface area contributed by atoms with Gasteiger partial charge in [-0.2, -0.15) is 0 Å². The van der Waals surface area contributed by atoms with Crippen LogP contribution in [0.15, 0.2) is 18.2 Å². The number of halogens is 1. The molecule has 1 N–H and O–H groups in total. The van der Waals surface area contributed by atoms with Crippen molar-refractivity contribution in [2.45, 2.75) is 46.1 Å². The summed E-state index contributed by atoms with van der Waals surface area (Å²) in [6.07, 6.45) is 4.04. The highest BCUT2D eigenvalue weighted by molar-refractivity contribution is 6.30. The van der Waals surface area contributed by atoms with Crippen LogP contribution in [0, 0.1) is 18.8 Å². The van der Waals surface area contributed by atoms with Gasteiger partial charge >= 0.3 is 0 Å². The summed E-state index contributed by atoms with van der Waals surface area (Å²) < 4.78 is 0. The van der Waals surface area contributed by atoms with Gasteiger partial charge in [0.2, 0.25) is 0 Å². The zero-order valence-corrected chi connectivity index (χ0v) is 11.7. The van der Waals surface area contributed by atoms with Crippen molar-refractivity contribution in [3.05, 3.63) is 28.8 Å². The number of hydrogen-bond acceptors (Lipinski definition) is 1. The molecule has 2 rings (SSSR count). The molecule has 1 aromatic carbocycles. The van der Waals surface area contributed by atoms with E-state index in [9.17, 15) is 0 Å². The summed E-state index contributed by atoms with van der Waals surface area (Å²) in [6.45, 7) is 6.84. The van der Waals surface area contributed by atoms with Gasteiger partial charge in [-0.1, -0.05) is 37.9 Å². The molecule has 0 amide bonds. The van der Waals surface area contributed by atoms with Gasteiger partial charge in [-0.15, -0.1) is 0 Å². The largest absolute Gasteiger partial charge is 0.382 e. The third kappa shape index (κ3) is 2.95. The lowest BCUT2D eigenvalue weighted by molar-refractivity contribution is 0.268. The van der Waals surface area contributed by atoms with Crippen molar-refractivity contribution < 1.29 is 0 Å². The predicted molar refractivity (Wildman–Crippen MR) is 75.8 cm³/mol. The van der Waals surface area contributed by atoms with Gasteiger partial charge in [0.15, 0.2) is 0 Å². The fraction of sp³-hybridized carbons (Fsp3) is 0.600. The van der Waals surface area contributed by atoms with E-state index in [4.69, 9.17) is 11.6 Å². The fourth-order valence-corrected chi connectivity index (χ4v) is 3.07. The SMILES string of the molecule is Cc1ccc(Cl)cc1NC1C(C)CCCC1C. The maximum Gasteiger partial charge on any atom is 0.0426 e. The van der Waals surface area contributed by atoms with Crippen molar-refractivity contribution in [1.82, 2.24) is 0 Å². The Labute approximate surface area is 110 Å². The van der Waals surface area contributed by atoms with E-state index in [1.165, 1.54) is 30.5 Å². The number of benzene rings is 1. The Kier molecular flexibility index (Phi) is 3.98. The fourth-order valence-electron chi connectivity index (χ4n) is 2.90. The lowest BCUT2D eigenvalue weighted by Crippen LogP contribution is -2.37. The van der Waals surface area contributed by atoms with Crippen molar-refractivity contribution in [3.63, 3.8) is 0 Å². The monoisotopic (exact) mass is 251 g/mol. The van der Waals surface area contributed by atoms with Gasteiger partial charge in [-0.25, -0.2) is 0 Å². The Morgan fingerprint density at radius 1 is 1.18 bits per heavy atom. The molecule has 94 valence electrons. The Bertz CT molecular complexity index is 379. The summed E-state index contributed by atoms with van der Waals surface area (Å²) in [7, 11) is 0. The minimum atomic E-state index is 0.584. The van der Waals surface area contributed by atoms with E-state index in [1.54, 1.807) is 0 Å². The first kappa shape index (κ1) is 12.8. The molecule has 2 heteroatoms. The van der Waals surface area contributed by atoms with Crippen LogP contribution < -0.4 is 5.32 Å². The van der Waals surface area contributed by atoms with Crippen LogP contribution in [0.25, 0.3) is 0 Å². The highest BCUT2D eigenvalue weighted by atomic mass is 35.5. The first-order chi connectivity index (χ1) is 8.08. The smallest absolute Gasteiger partial charge is 0.0426 e. The zero-order valence-electron chi connectivity index (χ0n) is 11.0. The number of hydrogen-bond donors (Lipinski definition) is 1. The maximum absolute atomic E-state index is 6.07. The average molecular weight is 252 g/mol. The minimum Gasteiger partial charge on any atom is -0.382 e. The molecule has 0 aliphatic heterocycles. The van der Waals surface area contributed by atoms with Crippen LogP contribution in [-0.2, 0) is 0 Å². The van der Waals surface area contributed by atoms with Crippen molar-refractivity contribution >= 4 is 17.3 Å². The van der Waals surface area contributed by atoms with Gasteiger partial charge in [0.25, 0.3) is 0 Å². The predicted octanol–water partition coefficient (Wildman–Crippen LogP) is 4.89. The summed E-state index contributed by atoms with van der Waals surface area (Å²) >= 11 is 6.07. The minimum absolute atomic E-state index is 0.584. The molecule has 0 spiro atoms. The van der Waals surface area contributed by atoms with Gasteiger partial charge in [-0.05, 0) is 49.3 Å². The average Bonchev–Trinajstić information content (AvgIpc) is 2.28. The molecule has 2 atom stereocenters. The lowest BCUT2D eigenvalue weighted by atomic mass is 9.78. The summed E-state index contributed by atoms with van der Waals surface area (Å²) in [5.74, 6) is 1.49. The van der Waals surface area contributed by atoms with E-state index in [0.717, 1.165) is 16.9 Å². The first-order valence-electron chi connectivity index (χ1n) is 6.60. The Morgan fingerprint density at radius 2 is 1.82 bits per heavy atom. The zero-order chi connectivity index (χ0) is 12.4. The molecule has 0 aromatic heterocycles. The van der Waals surface area contributed by atoms with Gasteiger partial charge in [0.1, 0.15) is 0 Å². The topological polar surface area (TPSA) is 12.0 Å². The van der Waals surface area contributed by atoms with Crippen LogP contribution in [0.4, 0.5) is 5.69 Å². The van der Waals surface area contributed by atoms with E-state index in [0.29, 0.717) is 6.04 Å². The number of nitrogens with one attached hydrogen (secondary N) is 1. The Morgan fingerprint density at radius 3 is 2.47 bits per heavy atom. The maximum atomic E-state index is 6.07. The van der Waals surface area contributed by atoms with E-state index < -0.39 is 0 Å². The van der Waals surface area contributed by atoms with Gasteiger partial charge in [0.05, 0.1) is 0 Å². The molecule has 0 bridgehead atoms. The summed E-state index contributed by atoms with van der Waals surface area (Å²) in [5.41, 5.74) is 2.47. The quantitative estimate of drug-likeness (QED) is 0.790. The van der Waals surface area contributed by atoms with Gasteiger partial charge in [0, 0.05) is 16.8 Å². The summed E-state index contributed by atoms with van der Waals surface area (Å²) in [6, 6.07) is 6.67. The number of anilines is 1. The highest BCUT2D eigenvalue weighted by Crippen LogP contribution is 2.32. The Balaban J connectivity index is 2.16. The summed E-state index contributed by atoms with van der Waals surface area (Å²) in [4.78, 5) is 0. The molecule has 0 saturated heterocycles. The standard InChI is InChI=1S/C15H22ClN/c1-10-7-8-13(16)9-14(10)17-15-11(2)5-4-6-12(15)3/h7-9,11-12,15,17H,4-6H2,1-3H3. The van der Waals surface area contributed by atoms with E-state index >= 15 is 0 Å². The van der Waals surface area contributed by atoms with Crippen molar-refractivity contribution in [3.8, 4) is 0 Å². The molecule has 1 aliphatic carbocycles. The molecule has 1 nitrogen and oxygen atoms in total. The van der Waals surface area contributed by atoms with Crippen LogP contribution in [0.3, 0.4) is 0 Å². The van der Waals surface area contributed by atoms with Crippen LogP contribution in [0.5, 0.6) is 0 Å². The molecule has 0 heterocycles. The number of rotatable bonds is 2. The molecule has 1 fully saturated rings. The number of aryl methyl sites for hydroxylation is 1. The van der Waals surface area contributed by atoms with Crippen molar-refractivity contribution in [2.24, 2.45) is 11.8 Å². The van der Waals surface area contributed by atoms with E-state index in [2.05, 4.69) is 32.2 Å². The molecule has 0 radical (unpaired) electrons. The van der Waals surface area contributed by atoms with E-state index in [1.807, 2.05) is 12.1 Å².